The molecule has 2 nitrogen and oxygen atoms in total. The molecule has 0 aliphatic heterocycles. The lowest BCUT2D eigenvalue weighted by molar-refractivity contribution is 0.266. The molecule has 0 fully saturated rings. The van der Waals surface area contributed by atoms with Gasteiger partial charge in [-0.05, 0) is 119 Å². The van der Waals surface area contributed by atoms with Gasteiger partial charge in [-0.15, -0.1) is 0 Å². The van der Waals surface area contributed by atoms with E-state index in [9.17, 15) is 0 Å². The minimum Gasteiger partial charge on any atom is -0.341 e. The van der Waals surface area contributed by atoms with E-state index in [4.69, 9.17) is 0 Å². The monoisotopic (exact) mass is 829 g/mol. The zero-order valence-electron chi connectivity index (χ0n) is 38.9. The first-order valence-electron chi connectivity index (χ1n) is 24.6. The third-order valence-electron chi connectivity index (χ3n) is 14.9. The van der Waals surface area contributed by atoms with Gasteiger partial charge in [0, 0.05) is 62.1 Å². The molecule has 2 atom stereocenters. The van der Waals surface area contributed by atoms with Crippen molar-refractivity contribution in [2.45, 2.75) is 124 Å². The van der Waals surface area contributed by atoms with Gasteiger partial charge in [0.15, 0.2) is 0 Å². The summed E-state index contributed by atoms with van der Waals surface area (Å²) in [5, 5.41) is 5.34. The molecule has 2 heterocycles. The summed E-state index contributed by atoms with van der Waals surface area (Å²) in [5.74, 6) is 1.36. The van der Waals surface area contributed by atoms with Gasteiger partial charge in [0.1, 0.15) is 0 Å². The van der Waals surface area contributed by atoms with E-state index < -0.39 is 0 Å². The molecule has 8 aromatic rings. The fourth-order valence-corrected chi connectivity index (χ4v) is 11.5. The van der Waals surface area contributed by atoms with E-state index in [2.05, 4.69) is 196 Å². The highest BCUT2D eigenvalue weighted by molar-refractivity contribution is 6.10. The van der Waals surface area contributed by atoms with Crippen molar-refractivity contribution in [3.63, 3.8) is 0 Å². The van der Waals surface area contributed by atoms with Crippen LogP contribution in [0.5, 0.6) is 0 Å². The van der Waals surface area contributed by atoms with Crippen molar-refractivity contribution in [2.75, 3.05) is 0 Å². The Bertz CT molecular complexity index is 2740. The average molecular weight is 829 g/mol. The quantitative estimate of drug-likeness (QED) is 0.0763. The first-order valence-corrected chi connectivity index (χ1v) is 24.6. The maximum absolute atomic E-state index is 2.60. The van der Waals surface area contributed by atoms with Crippen molar-refractivity contribution >= 4 is 67.9 Å². The van der Waals surface area contributed by atoms with Crippen LogP contribution in [0.3, 0.4) is 0 Å². The molecule has 6 aromatic carbocycles. The Kier molecular flexibility index (Phi) is 12.6. The van der Waals surface area contributed by atoms with Crippen LogP contribution in [-0.4, -0.2) is 9.13 Å². The summed E-state index contributed by atoms with van der Waals surface area (Å²) >= 11 is 0. The standard InChI is InChI=1S/C61H68N2/c1-7-13-19-43(9-3)41-61(42-44(10-4)20-14-8-2)55-39-47(27-25-45-31-35-59-53(37-45)51-21-15-17-23-57(51)62(59)11-5)29-33-49(55)50-34-30-48(40-56(50)61)28-26-46-32-36-60-54(38-46)52-22-16-18-24-58(52)63(60)12-6/h15-18,21-40,43-44H,7-14,19-20,41-42H2,1-6H3/b27-25+,28-26+. The molecule has 0 bridgehead atoms. The topological polar surface area (TPSA) is 9.86 Å². The largest absolute Gasteiger partial charge is 0.341 e. The molecule has 0 amide bonds. The van der Waals surface area contributed by atoms with E-state index >= 15 is 0 Å². The number of aryl methyl sites for hydroxylation is 2. The Hall–Kier alpha value is -5.60. The third kappa shape index (κ3) is 8.00. The molecule has 9 rings (SSSR count). The predicted molar refractivity (Wildman–Crippen MR) is 277 cm³/mol. The average Bonchev–Trinajstić information content (AvgIpc) is 3.92. The van der Waals surface area contributed by atoms with Crippen molar-refractivity contribution in [1.29, 1.82) is 0 Å². The van der Waals surface area contributed by atoms with Gasteiger partial charge in [-0.2, -0.15) is 0 Å². The second-order valence-corrected chi connectivity index (χ2v) is 18.7. The maximum atomic E-state index is 2.60. The van der Waals surface area contributed by atoms with Crippen molar-refractivity contribution in [1.82, 2.24) is 9.13 Å². The molecule has 1 aliphatic rings. The van der Waals surface area contributed by atoms with Gasteiger partial charge < -0.3 is 9.13 Å². The molecule has 2 aromatic heterocycles. The van der Waals surface area contributed by atoms with Crippen LogP contribution in [-0.2, 0) is 18.5 Å². The fraction of sp³-hybridized carbons (Fsp3) is 0.344. The van der Waals surface area contributed by atoms with Gasteiger partial charge in [-0.25, -0.2) is 0 Å². The van der Waals surface area contributed by atoms with E-state index in [0.717, 1.165) is 13.1 Å². The highest BCUT2D eigenvalue weighted by Gasteiger charge is 2.45. The highest BCUT2D eigenvalue weighted by atomic mass is 15.0. The first kappa shape index (κ1) is 42.7. The molecule has 0 spiro atoms. The molecule has 2 unspecified atom stereocenters. The van der Waals surface area contributed by atoms with E-state index in [0.29, 0.717) is 11.8 Å². The second-order valence-electron chi connectivity index (χ2n) is 18.7. The lowest BCUT2D eigenvalue weighted by Gasteiger charge is -2.39. The summed E-state index contributed by atoms with van der Waals surface area (Å²) in [6.07, 6.45) is 22.0. The van der Waals surface area contributed by atoms with Gasteiger partial charge in [0.05, 0.1) is 0 Å². The maximum Gasteiger partial charge on any atom is 0.0491 e. The normalized spacial score (nSPS) is 14.5. The van der Waals surface area contributed by atoms with Gasteiger partial charge in [-0.1, -0.05) is 188 Å². The van der Waals surface area contributed by atoms with Crippen LogP contribution in [0.2, 0.25) is 0 Å². The van der Waals surface area contributed by atoms with Crippen LogP contribution in [0.4, 0.5) is 0 Å². The third-order valence-corrected chi connectivity index (χ3v) is 14.9. The summed E-state index contributed by atoms with van der Waals surface area (Å²) in [6.45, 7) is 16.0. The Balaban J connectivity index is 1.13. The second kappa shape index (κ2) is 18.6. The first-order chi connectivity index (χ1) is 30.9. The molecule has 0 radical (unpaired) electrons. The number of rotatable bonds is 18. The Morgan fingerprint density at radius 1 is 0.429 bits per heavy atom. The Labute approximate surface area is 377 Å². The van der Waals surface area contributed by atoms with E-state index in [-0.39, 0.29) is 5.41 Å². The van der Waals surface area contributed by atoms with Crippen LogP contribution in [0.15, 0.2) is 121 Å². The number of unbranched alkanes of at least 4 members (excludes halogenated alkanes) is 2. The fourth-order valence-electron chi connectivity index (χ4n) is 11.5. The minimum atomic E-state index is -0.0387. The number of fused-ring (bicyclic) bond motifs is 9. The van der Waals surface area contributed by atoms with Gasteiger partial charge in [0.2, 0.25) is 0 Å². The summed E-state index contributed by atoms with van der Waals surface area (Å²) < 4.78 is 4.88. The summed E-state index contributed by atoms with van der Waals surface area (Å²) in [6, 6.07) is 46.6. The van der Waals surface area contributed by atoms with Crippen molar-refractivity contribution in [3.05, 3.63) is 155 Å². The van der Waals surface area contributed by atoms with Gasteiger partial charge in [0.25, 0.3) is 0 Å². The minimum absolute atomic E-state index is 0.0387. The predicted octanol–water partition coefficient (Wildman–Crippen LogP) is 17.8. The molecular weight excluding hydrogens is 761 g/mol. The van der Waals surface area contributed by atoms with Crippen molar-refractivity contribution in [3.8, 4) is 11.1 Å². The van der Waals surface area contributed by atoms with Crippen molar-refractivity contribution in [2.24, 2.45) is 11.8 Å². The van der Waals surface area contributed by atoms with Gasteiger partial charge >= 0.3 is 0 Å². The van der Waals surface area contributed by atoms with Gasteiger partial charge in [-0.3, -0.25) is 0 Å². The highest BCUT2D eigenvalue weighted by Crippen LogP contribution is 2.57. The molecule has 0 saturated heterocycles. The Morgan fingerprint density at radius 3 is 1.21 bits per heavy atom. The lowest BCUT2D eigenvalue weighted by atomic mass is 9.65. The van der Waals surface area contributed by atoms with E-state index in [1.807, 2.05) is 0 Å². The smallest absolute Gasteiger partial charge is 0.0491 e. The number of para-hydroxylation sites is 2. The molecule has 63 heavy (non-hydrogen) atoms. The lowest BCUT2D eigenvalue weighted by Crippen LogP contribution is -2.31. The number of hydrogen-bond acceptors (Lipinski definition) is 0. The zero-order chi connectivity index (χ0) is 43.5. The molecular formula is C61H68N2. The number of aromatic nitrogens is 2. The SMILES string of the molecule is CCCCC(CC)CC1(CC(CC)CCCC)c2cc(/C=C/c3ccc4c(c3)c3ccccc3n4CC)ccc2-c2ccc(/C=C/c3ccc4c(c3)c3ccccc3n4CC)cc21. The molecule has 0 N–H and O–H groups in total. The summed E-state index contributed by atoms with van der Waals surface area (Å²) in [7, 11) is 0. The van der Waals surface area contributed by atoms with E-state index in [1.165, 1.54) is 141 Å². The molecule has 2 heteroatoms. The zero-order valence-corrected chi connectivity index (χ0v) is 38.9. The van der Waals surface area contributed by atoms with Crippen LogP contribution < -0.4 is 0 Å². The summed E-state index contributed by atoms with van der Waals surface area (Å²) in [4.78, 5) is 0. The number of benzene rings is 6. The molecule has 0 saturated carbocycles. The number of hydrogen-bond donors (Lipinski definition) is 0. The number of nitrogens with zero attached hydrogens (tertiary/aromatic N) is 2. The molecule has 1 aliphatic carbocycles. The van der Waals surface area contributed by atoms with Crippen LogP contribution in [0.1, 0.15) is 139 Å². The Morgan fingerprint density at radius 2 is 0.810 bits per heavy atom. The van der Waals surface area contributed by atoms with E-state index in [1.54, 1.807) is 11.1 Å². The molecule has 322 valence electrons. The van der Waals surface area contributed by atoms with Crippen LogP contribution >= 0.6 is 0 Å². The van der Waals surface area contributed by atoms with Crippen molar-refractivity contribution < 1.29 is 0 Å². The van der Waals surface area contributed by atoms with Crippen LogP contribution in [0, 0.1) is 11.8 Å². The van der Waals surface area contributed by atoms with Crippen LogP contribution in [0.25, 0.3) is 79.0 Å². The summed E-state index contributed by atoms with van der Waals surface area (Å²) in [5.41, 5.74) is 16.3.